The summed E-state index contributed by atoms with van der Waals surface area (Å²) in [6.45, 7) is 6.87. The molecule has 1 heterocycles. The predicted molar refractivity (Wildman–Crippen MR) is 108 cm³/mol. The smallest absolute Gasteiger partial charge is 0.214 e. The molecule has 6 nitrogen and oxygen atoms in total. The maximum Gasteiger partial charge on any atom is 0.214 e. The van der Waals surface area contributed by atoms with Gasteiger partial charge in [-0.25, -0.2) is 12.7 Å². The first-order chi connectivity index (χ1) is 12.5. The molecule has 1 fully saturated rings. The highest BCUT2D eigenvalue weighted by Gasteiger charge is 2.29. The van der Waals surface area contributed by atoms with Crippen molar-refractivity contribution in [3.63, 3.8) is 0 Å². The number of benzene rings is 1. The zero-order valence-electron chi connectivity index (χ0n) is 16.2. The fraction of sp³-hybridized carbons (Fsp3) is 0.632. The van der Waals surface area contributed by atoms with E-state index < -0.39 is 10.0 Å². The van der Waals surface area contributed by atoms with Crippen LogP contribution in [0.2, 0.25) is 0 Å². The van der Waals surface area contributed by atoms with Crippen molar-refractivity contribution in [3.8, 4) is 0 Å². The highest BCUT2D eigenvalue weighted by atomic mass is 32.2. The molecular weight excluding hydrogens is 348 g/mol. The summed E-state index contributed by atoms with van der Waals surface area (Å²) in [6.07, 6.45) is 2.79. The van der Waals surface area contributed by atoms with E-state index in [4.69, 9.17) is 0 Å². The monoisotopic (exact) mass is 380 g/mol. The quantitative estimate of drug-likeness (QED) is 0.534. The van der Waals surface area contributed by atoms with Crippen LogP contribution in [0.3, 0.4) is 0 Å². The molecule has 0 aliphatic carbocycles. The van der Waals surface area contributed by atoms with Gasteiger partial charge in [0.25, 0.3) is 0 Å². The Balaban J connectivity index is 1.90. The molecule has 0 saturated carbocycles. The van der Waals surface area contributed by atoms with Crippen LogP contribution in [0.15, 0.2) is 35.3 Å². The molecule has 2 rings (SSSR count). The highest BCUT2D eigenvalue weighted by Crippen LogP contribution is 2.30. The highest BCUT2D eigenvalue weighted by molar-refractivity contribution is 7.89. The minimum absolute atomic E-state index is 0.0527. The van der Waals surface area contributed by atoms with Crippen molar-refractivity contribution < 1.29 is 8.42 Å². The lowest BCUT2D eigenvalue weighted by Gasteiger charge is -2.33. The fourth-order valence-corrected chi connectivity index (χ4v) is 5.05. The molecule has 0 bridgehead atoms. The topological polar surface area (TPSA) is 73.8 Å². The normalized spacial score (nSPS) is 18.0. The van der Waals surface area contributed by atoms with Crippen LogP contribution < -0.4 is 10.6 Å². The first kappa shape index (κ1) is 20.7. The van der Waals surface area contributed by atoms with Gasteiger partial charge in [-0.1, -0.05) is 44.2 Å². The van der Waals surface area contributed by atoms with E-state index in [1.54, 1.807) is 11.4 Å². The average molecular weight is 381 g/mol. The van der Waals surface area contributed by atoms with Gasteiger partial charge >= 0.3 is 0 Å². The first-order valence-electron chi connectivity index (χ1n) is 9.45. The summed E-state index contributed by atoms with van der Waals surface area (Å²) in [6, 6.07) is 10.6. The Morgan fingerprint density at radius 1 is 1.19 bits per heavy atom. The number of nitrogens with zero attached hydrogens (tertiary/aromatic N) is 2. The van der Waals surface area contributed by atoms with Crippen LogP contribution in [0, 0.1) is 0 Å². The van der Waals surface area contributed by atoms with Crippen molar-refractivity contribution in [3.05, 3.63) is 35.9 Å². The summed E-state index contributed by atoms with van der Waals surface area (Å²) in [5.74, 6) is 0.982. The summed E-state index contributed by atoms with van der Waals surface area (Å²) in [4.78, 5) is 4.28. The van der Waals surface area contributed by atoms with Crippen molar-refractivity contribution in [1.82, 2.24) is 14.9 Å². The predicted octanol–water partition coefficient (Wildman–Crippen LogP) is 1.94. The molecule has 1 saturated heterocycles. The molecule has 1 aliphatic heterocycles. The van der Waals surface area contributed by atoms with E-state index >= 15 is 0 Å². The summed E-state index contributed by atoms with van der Waals surface area (Å²) in [7, 11) is -1.30. The lowest BCUT2D eigenvalue weighted by molar-refractivity contribution is 0.389. The SMILES string of the molecule is CCC(CC)(CNC(=NC)NCCN1CCCS1(=O)=O)c1ccccc1. The number of hydrogen-bond acceptors (Lipinski definition) is 3. The number of hydrogen-bond donors (Lipinski definition) is 2. The molecule has 26 heavy (non-hydrogen) atoms. The Labute approximate surface area is 158 Å². The van der Waals surface area contributed by atoms with Crippen LogP contribution in [-0.4, -0.2) is 57.7 Å². The Morgan fingerprint density at radius 2 is 1.88 bits per heavy atom. The van der Waals surface area contributed by atoms with Gasteiger partial charge in [-0.05, 0) is 24.8 Å². The molecule has 7 heteroatoms. The van der Waals surface area contributed by atoms with Gasteiger partial charge in [0.2, 0.25) is 10.0 Å². The van der Waals surface area contributed by atoms with Gasteiger partial charge < -0.3 is 10.6 Å². The minimum atomic E-state index is -3.04. The minimum Gasteiger partial charge on any atom is -0.356 e. The molecule has 1 aromatic carbocycles. The molecule has 0 atom stereocenters. The molecule has 1 aliphatic rings. The van der Waals surface area contributed by atoms with E-state index in [0.29, 0.717) is 25.6 Å². The molecule has 2 N–H and O–H groups in total. The van der Waals surface area contributed by atoms with E-state index in [9.17, 15) is 8.42 Å². The third-order valence-corrected chi connectivity index (χ3v) is 7.37. The van der Waals surface area contributed by atoms with Crippen LogP contribution in [0.5, 0.6) is 0 Å². The average Bonchev–Trinajstić information content (AvgIpc) is 3.00. The standard InChI is InChI=1S/C19H32N4O2S/c1-4-19(5-2,17-10-7-6-8-11-17)16-22-18(20-3)21-12-14-23-13-9-15-26(23,24)25/h6-8,10-11H,4-5,9,12-16H2,1-3H3,(H2,20,21,22). The van der Waals surface area contributed by atoms with Gasteiger partial charge in [0.05, 0.1) is 5.75 Å². The van der Waals surface area contributed by atoms with E-state index in [2.05, 4.69) is 53.7 Å². The van der Waals surface area contributed by atoms with Crippen LogP contribution in [0.25, 0.3) is 0 Å². The van der Waals surface area contributed by atoms with Gasteiger partial charge in [-0.15, -0.1) is 0 Å². The van der Waals surface area contributed by atoms with Crippen molar-refractivity contribution >= 4 is 16.0 Å². The van der Waals surface area contributed by atoms with Crippen LogP contribution >= 0.6 is 0 Å². The van der Waals surface area contributed by atoms with E-state index in [1.165, 1.54) is 5.56 Å². The van der Waals surface area contributed by atoms with E-state index in [-0.39, 0.29) is 11.2 Å². The van der Waals surface area contributed by atoms with Crippen LogP contribution in [0.4, 0.5) is 0 Å². The van der Waals surface area contributed by atoms with Crippen molar-refractivity contribution in [2.75, 3.05) is 39.0 Å². The lowest BCUT2D eigenvalue weighted by atomic mass is 9.76. The number of rotatable bonds is 8. The van der Waals surface area contributed by atoms with E-state index in [1.807, 2.05) is 6.07 Å². The lowest BCUT2D eigenvalue weighted by Crippen LogP contribution is -2.47. The zero-order chi connectivity index (χ0) is 19.0. The van der Waals surface area contributed by atoms with Gasteiger partial charge in [-0.3, -0.25) is 4.99 Å². The Hall–Kier alpha value is -1.60. The third-order valence-electron chi connectivity index (χ3n) is 5.41. The van der Waals surface area contributed by atoms with Gasteiger partial charge in [0, 0.05) is 38.6 Å². The maximum absolute atomic E-state index is 11.9. The van der Waals surface area contributed by atoms with Crippen LogP contribution in [-0.2, 0) is 15.4 Å². The Kier molecular flexibility index (Phi) is 7.46. The second kappa shape index (κ2) is 9.37. The second-order valence-electron chi connectivity index (χ2n) is 6.77. The van der Waals surface area contributed by atoms with Crippen molar-refractivity contribution in [1.29, 1.82) is 0 Å². The molecule has 0 unspecified atom stereocenters. The van der Waals surface area contributed by atoms with Crippen molar-refractivity contribution in [2.24, 2.45) is 4.99 Å². The Bertz CT molecular complexity index is 685. The fourth-order valence-electron chi connectivity index (χ4n) is 3.52. The third kappa shape index (κ3) is 4.98. The summed E-state index contributed by atoms with van der Waals surface area (Å²) < 4.78 is 25.3. The maximum atomic E-state index is 11.9. The molecule has 1 aromatic rings. The molecule has 0 spiro atoms. The first-order valence-corrected chi connectivity index (χ1v) is 11.1. The summed E-state index contributed by atoms with van der Waals surface area (Å²) in [5.41, 5.74) is 1.38. The van der Waals surface area contributed by atoms with E-state index in [0.717, 1.165) is 25.8 Å². The van der Waals surface area contributed by atoms with Gasteiger partial charge in [0.15, 0.2) is 5.96 Å². The Morgan fingerprint density at radius 3 is 2.42 bits per heavy atom. The largest absolute Gasteiger partial charge is 0.356 e. The number of aliphatic imine (C=N–C) groups is 1. The van der Waals surface area contributed by atoms with Crippen molar-refractivity contribution in [2.45, 2.75) is 38.5 Å². The van der Waals surface area contributed by atoms with Crippen LogP contribution in [0.1, 0.15) is 38.7 Å². The molecule has 0 radical (unpaired) electrons. The molecular formula is C19H32N4O2S. The molecule has 0 amide bonds. The zero-order valence-corrected chi connectivity index (χ0v) is 17.0. The number of nitrogens with one attached hydrogen (secondary N) is 2. The summed E-state index contributed by atoms with van der Waals surface area (Å²) >= 11 is 0. The van der Waals surface area contributed by atoms with Gasteiger partial charge in [0.1, 0.15) is 0 Å². The number of sulfonamides is 1. The molecule has 0 aromatic heterocycles. The van der Waals surface area contributed by atoms with Gasteiger partial charge in [-0.2, -0.15) is 0 Å². The molecule has 146 valence electrons. The number of guanidine groups is 1. The summed E-state index contributed by atoms with van der Waals surface area (Å²) in [5, 5.41) is 6.67. The second-order valence-corrected chi connectivity index (χ2v) is 8.86.